The number of carbonyl (C=O) groups excluding carboxylic acids is 1. The Balaban J connectivity index is 1.72. The van der Waals surface area contributed by atoms with Gasteiger partial charge < -0.3 is 14.5 Å². The van der Waals surface area contributed by atoms with Gasteiger partial charge in [0.15, 0.2) is 5.82 Å². The van der Waals surface area contributed by atoms with Gasteiger partial charge in [-0.25, -0.2) is 9.78 Å². The predicted molar refractivity (Wildman–Crippen MR) is 91.2 cm³/mol. The molecule has 3 heterocycles. The highest BCUT2D eigenvalue weighted by Crippen LogP contribution is 2.21. The predicted octanol–water partition coefficient (Wildman–Crippen LogP) is 1.76. The van der Waals surface area contributed by atoms with Gasteiger partial charge in [-0.05, 0) is 38.1 Å². The Bertz CT molecular complexity index is 684. The van der Waals surface area contributed by atoms with Crippen molar-refractivity contribution in [1.29, 1.82) is 0 Å². The maximum Gasteiger partial charge on any atom is 0.342 e. The monoisotopic (exact) mass is 327 g/mol. The van der Waals surface area contributed by atoms with E-state index < -0.39 is 0 Å². The quantitative estimate of drug-likeness (QED) is 0.792. The summed E-state index contributed by atoms with van der Waals surface area (Å²) in [5.74, 6) is 1.23. The molecule has 126 valence electrons. The average Bonchev–Trinajstić information content (AvgIpc) is 2.62. The van der Waals surface area contributed by atoms with Crippen LogP contribution in [-0.4, -0.2) is 53.4 Å². The van der Waals surface area contributed by atoms with Gasteiger partial charge in [-0.3, -0.25) is 0 Å². The first-order valence-electron chi connectivity index (χ1n) is 8.09. The summed E-state index contributed by atoms with van der Waals surface area (Å²) < 4.78 is 5.32. The van der Waals surface area contributed by atoms with Crippen molar-refractivity contribution in [2.45, 2.75) is 20.0 Å². The SMILES string of the molecule is CC(C)OC(=O)c1cccnc1N1CCN(c2cccnn2)CC1. The number of esters is 1. The van der Waals surface area contributed by atoms with Gasteiger partial charge >= 0.3 is 5.97 Å². The fourth-order valence-corrected chi connectivity index (χ4v) is 2.70. The molecule has 1 saturated heterocycles. The third kappa shape index (κ3) is 3.61. The molecule has 0 aliphatic carbocycles. The van der Waals surface area contributed by atoms with Gasteiger partial charge in [0.1, 0.15) is 11.4 Å². The first-order valence-corrected chi connectivity index (χ1v) is 8.09. The molecule has 0 bridgehead atoms. The molecule has 0 saturated carbocycles. The molecule has 2 aromatic rings. The van der Waals surface area contributed by atoms with Crippen LogP contribution in [-0.2, 0) is 4.74 Å². The van der Waals surface area contributed by atoms with Crippen molar-refractivity contribution in [3.05, 3.63) is 42.2 Å². The maximum atomic E-state index is 12.3. The molecule has 0 unspecified atom stereocenters. The van der Waals surface area contributed by atoms with Crippen LogP contribution in [0.5, 0.6) is 0 Å². The molecular weight excluding hydrogens is 306 g/mol. The van der Waals surface area contributed by atoms with Crippen LogP contribution < -0.4 is 9.80 Å². The highest BCUT2D eigenvalue weighted by molar-refractivity contribution is 5.94. The Kier molecular flexibility index (Phi) is 4.88. The number of carbonyl (C=O) groups is 1. The van der Waals surface area contributed by atoms with Crippen molar-refractivity contribution in [3.63, 3.8) is 0 Å². The summed E-state index contributed by atoms with van der Waals surface area (Å²) in [4.78, 5) is 21.0. The number of ether oxygens (including phenoxy) is 1. The minimum Gasteiger partial charge on any atom is -0.459 e. The van der Waals surface area contributed by atoms with Gasteiger partial charge in [-0.15, -0.1) is 5.10 Å². The number of anilines is 2. The first kappa shape index (κ1) is 16.2. The van der Waals surface area contributed by atoms with E-state index in [1.807, 2.05) is 26.0 Å². The lowest BCUT2D eigenvalue weighted by Gasteiger charge is -2.36. The van der Waals surface area contributed by atoms with E-state index in [0.29, 0.717) is 11.4 Å². The highest BCUT2D eigenvalue weighted by atomic mass is 16.5. The second-order valence-corrected chi connectivity index (χ2v) is 5.88. The maximum absolute atomic E-state index is 12.3. The molecule has 7 heteroatoms. The Morgan fingerprint density at radius 2 is 1.79 bits per heavy atom. The summed E-state index contributed by atoms with van der Waals surface area (Å²) in [5.41, 5.74) is 0.513. The number of hydrogen-bond acceptors (Lipinski definition) is 7. The lowest BCUT2D eigenvalue weighted by Crippen LogP contribution is -2.47. The van der Waals surface area contributed by atoms with Gasteiger partial charge in [0.05, 0.1) is 6.10 Å². The molecule has 0 amide bonds. The Hall–Kier alpha value is -2.70. The molecule has 0 spiro atoms. The zero-order valence-corrected chi connectivity index (χ0v) is 13.9. The molecule has 2 aromatic heterocycles. The standard InChI is InChI=1S/C17H21N5O2/c1-13(2)24-17(23)14-5-3-7-18-16(14)22-11-9-21(10-12-22)15-6-4-8-19-20-15/h3-8,13H,9-12H2,1-2H3. The van der Waals surface area contributed by atoms with Crippen LogP contribution in [0.25, 0.3) is 0 Å². The Morgan fingerprint density at radius 3 is 2.46 bits per heavy atom. The lowest BCUT2D eigenvalue weighted by molar-refractivity contribution is 0.0378. The molecule has 7 nitrogen and oxygen atoms in total. The zero-order valence-electron chi connectivity index (χ0n) is 13.9. The van der Waals surface area contributed by atoms with Gasteiger partial charge in [-0.1, -0.05) is 0 Å². The van der Waals surface area contributed by atoms with E-state index in [2.05, 4.69) is 25.0 Å². The van der Waals surface area contributed by atoms with Crippen molar-refractivity contribution >= 4 is 17.6 Å². The highest BCUT2D eigenvalue weighted by Gasteiger charge is 2.24. The number of aromatic nitrogens is 3. The van der Waals surface area contributed by atoms with Gasteiger partial charge in [0.2, 0.25) is 0 Å². The second kappa shape index (κ2) is 7.25. The van der Waals surface area contributed by atoms with Crippen molar-refractivity contribution in [2.24, 2.45) is 0 Å². The van der Waals surface area contributed by atoms with E-state index in [1.165, 1.54) is 0 Å². The third-order valence-electron chi connectivity index (χ3n) is 3.81. The Labute approximate surface area is 141 Å². The Morgan fingerprint density at radius 1 is 1.08 bits per heavy atom. The summed E-state index contributed by atoms with van der Waals surface area (Å²) in [6, 6.07) is 7.36. The van der Waals surface area contributed by atoms with E-state index in [0.717, 1.165) is 32.0 Å². The third-order valence-corrected chi connectivity index (χ3v) is 3.81. The van der Waals surface area contributed by atoms with Crippen LogP contribution in [0, 0.1) is 0 Å². The molecule has 0 aromatic carbocycles. The number of piperazine rings is 1. The molecular formula is C17H21N5O2. The average molecular weight is 327 g/mol. The summed E-state index contributed by atoms with van der Waals surface area (Å²) in [6.07, 6.45) is 3.22. The summed E-state index contributed by atoms with van der Waals surface area (Å²) in [7, 11) is 0. The fourth-order valence-electron chi connectivity index (χ4n) is 2.70. The van der Waals surface area contributed by atoms with E-state index in [-0.39, 0.29) is 12.1 Å². The summed E-state index contributed by atoms with van der Waals surface area (Å²) in [6.45, 7) is 6.80. The second-order valence-electron chi connectivity index (χ2n) is 5.88. The van der Waals surface area contributed by atoms with E-state index >= 15 is 0 Å². The first-order chi connectivity index (χ1) is 11.6. The molecule has 0 N–H and O–H groups in total. The zero-order chi connectivity index (χ0) is 16.9. The summed E-state index contributed by atoms with van der Waals surface area (Å²) >= 11 is 0. The molecule has 0 radical (unpaired) electrons. The van der Waals surface area contributed by atoms with Crippen molar-refractivity contribution in [2.75, 3.05) is 36.0 Å². The van der Waals surface area contributed by atoms with Crippen molar-refractivity contribution in [3.8, 4) is 0 Å². The van der Waals surface area contributed by atoms with Crippen LogP contribution in [0.1, 0.15) is 24.2 Å². The van der Waals surface area contributed by atoms with Crippen LogP contribution >= 0.6 is 0 Å². The van der Waals surface area contributed by atoms with Gasteiger partial charge in [-0.2, -0.15) is 5.10 Å². The van der Waals surface area contributed by atoms with E-state index in [1.54, 1.807) is 24.5 Å². The van der Waals surface area contributed by atoms with E-state index in [4.69, 9.17) is 4.74 Å². The minimum absolute atomic E-state index is 0.154. The molecule has 1 aliphatic rings. The van der Waals surface area contributed by atoms with Gasteiger partial charge in [0, 0.05) is 38.6 Å². The lowest BCUT2D eigenvalue weighted by atomic mass is 10.2. The number of rotatable bonds is 4. The molecule has 3 rings (SSSR count). The van der Waals surface area contributed by atoms with Gasteiger partial charge in [0.25, 0.3) is 0 Å². The van der Waals surface area contributed by atoms with Crippen molar-refractivity contribution < 1.29 is 9.53 Å². The number of nitrogens with zero attached hydrogens (tertiary/aromatic N) is 5. The molecule has 1 fully saturated rings. The molecule has 1 aliphatic heterocycles. The summed E-state index contributed by atoms with van der Waals surface area (Å²) in [5, 5.41) is 8.07. The normalized spacial score (nSPS) is 14.8. The minimum atomic E-state index is -0.329. The fraction of sp³-hybridized carbons (Fsp3) is 0.412. The smallest absolute Gasteiger partial charge is 0.342 e. The van der Waals surface area contributed by atoms with E-state index in [9.17, 15) is 4.79 Å². The largest absolute Gasteiger partial charge is 0.459 e. The topological polar surface area (TPSA) is 71.5 Å². The molecule has 0 atom stereocenters. The van der Waals surface area contributed by atoms with Crippen LogP contribution in [0.2, 0.25) is 0 Å². The molecule has 24 heavy (non-hydrogen) atoms. The van der Waals surface area contributed by atoms with Crippen molar-refractivity contribution in [1.82, 2.24) is 15.2 Å². The van der Waals surface area contributed by atoms with Crippen LogP contribution in [0.3, 0.4) is 0 Å². The number of hydrogen-bond donors (Lipinski definition) is 0. The van der Waals surface area contributed by atoms with Crippen LogP contribution in [0.4, 0.5) is 11.6 Å². The number of pyridine rings is 1. The van der Waals surface area contributed by atoms with Crippen LogP contribution in [0.15, 0.2) is 36.7 Å².